The van der Waals surface area contributed by atoms with Gasteiger partial charge in [0, 0.05) is 5.69 Å². The molecule has 104 valence electrons. The molecule has 4 heteroatoms. The van der Waals surface area contributed by atoms with Gasteiger partial charge in [0.15, 0.2) is 6.04 Å². The van der Waals surface area contributed by atoms with Crippen molar-refractivity contribution in [2.75, 3.05) is 12.4 Å². The Morgan fingerprint density at radius 1 is 1.15 bits per heavy atom. The van der Waals surface area contributed by atoms with Crippen molar-refractivity contribution in [2.45, 2.75) is 13.0 Å². The zero-order valence-electron chi connectivity index (χ0n) is 11.5. The molecule has 0 saturated heterocycles. The first-order valence-electron chi connectivity index (χ1n) is 6.30. The molecule has 0 aliphatic carbocycles. The maximum atomic E-state index is 11.5. The van der Waals surface area contributed by atoms with Gasteiger partial charge in [-0.2, -0.15) is 0 Å². The van der Waals surface area contributed by atoms with Gasteiger partial charge in [0.05, 0.1) is 7.11 Å². The molecule has 2 aromatic rings. The minimum atomic E-state index is -0.907. The van der Waals surface area contributed by atoms with Gasteiger partial charge in [-0.1, -0.05) is 24.3 Å². The predicted molar refractivity (Wildman–Crippen MR) is 78.2 cm³/mol. The van der Waals surface area contributed by atoms with E-state index in [1.165, 1.54) is 0 Å². The number of hydrogen-bond donors (Lipinski definition) is 2. The summed E-state index contributed by atoms with van der Waals surface area (Å²) in [6, 6.07) is 13.9. The Kier molecular flexibility index (Phi) is 4.25. The van der Waals surface area contributed by atoms with Crippen LogP contribution in [0, 0.1) is 6.92 Å². The molecule has 2 N–H and O–H groups in total. The first-order valence-corrected chi connectivity index (χ1v) is 6.30. The fourth-order valence-corrected chi connectivity index (χ4v) is 2.04. The van der Waals surface area contributed by atoms with Gasteiger partial charge in [-0.15, -0.1) is 0 Å². The third kappa shape index (κ3) is 3.09. The highest BCUT2D eigenvalue weighted by atomic mass is 16.5. The number of ether oxygens (including phenoxy) is 1. The largest absolute Gasteiger partial charge is 0.497 e. The van der Waals surface area contributed by atoms with Gasteiger partial charge in [0.25, 0.3) is 0 Å². The molecular weight excluding hydrogens is 254 g/mol. The summed E-state index contributed by atoms with van der Waals surface area (Å²) >= 11 is 0. The molecule has 20 heavy (non-hydrogen) atoms. The van der Waals surface area contributed by atoms with E-state index in [1.54, 1.807) is 31.4 Å². The van der Waals surface area contributed by atoms with Gasteiger partial charge in [-0.3, -0.25) is 0 Å². The smallest absolute Gasteiger partial charge is 0.330 e. The normalized spacial score (nSPS) is 11.7. The lowest BCUT2D eigenvalue weighted by Gasteiger charge is -2.18. The highest BCUT2D eigenvalue weighted by Crippen LogP contribution is 2.24. The maximum Gasteiger partial charge on any atom is 0.330 e. The zero-order valence-corrected chi connectivity index (χ0v) is 11.5. The molecule has 0 fully saturated rings. The Bertz CT molecular complexity index is 593. The first-order chi connectivity index (χ1) is 9.61. The van der Waals surface area contributed by atoms with E-state index in [2.05, 4.69) is 5.32 Å². The summed E-state index contributed by atoms with van der Waals surface area (Å²) < 4.78 is 5.08. The molecule has 1 atom stereocenters. The van der Waals surface area contributed by atoms with E-state index >= 15 is 0 Å². The van der Waals surface area contributed by atoms with E-state index in [1.807, 2.05) is 31.2 Å². The molecule has 0 aliphatic heterocycles. The van der Waals surface area contributed by atoms with Crippen LogP contribution in [0.15, 0.2) is 48.5 Å². The van der Waals surface area contributed by atoms with Crippen LogP contribution in [0.2, 0.25) is 0 Å². The Labute approximate surface area is 118 Å². The van der Waals surface area contributed by atoms with Crippen LogP contribution in [-0.2, 0) is 4.79 Å². The fraction of sp³-hybridized carbons (Fsp3) is 0.188. The number of benzene rings is 2. The Balaban J connectivity index is 2.26. The summed E-state index contributed by atoms with van der Waals surface area (Å²) in [5, 5.41) is 12.5. The monoisotopic (exact) mass is 271 g/mol. The topological polar surface area (TPSA) is 58.6 Å². The molecule has 0 radical (unpaired) electrons. The SMILES string of the molecule is COc1ccc(NC(C(=O)O)c2ccccc2C)cc1. The number of aryl methyl sites for hydroxylation is 1. The summed E-state index contributed by atoms with van der Waals surface area (Å²) in [7, 11) is 1.59. The van der Waals surface area contributed by atoms with Crippen LogP contribution >= 0.6 is 0 Å². The average Bonchev–Trinajstić information content (AvgIpc) is 2.46. The van der Waals surface area contributed by atoms with Gasteiger partial charge < -0.3 is 15.2 Å². The zero-order chi connectivity index (χ0) is 14.5. The van der Waals surface area contributed by atoms with Crippen molar-refractivity contribution in [2.24, 2.45) is 0 Å². The molecule has 2 aromatic carbocycles. The number of hydrogen-bond acceptors (Lipinski definition) is 3. The van der Waals surface area contributed by atoms with Crippen LogP contribution in [0.25, 0.3) is 0 Å². The van der Waals surface area contributed by atoms with Crippen LogP contribution in [-0.4, -0.2) is 18.2 Å². The van der Waals surface area contributed by atoms with E-state index in [0.717, 1.165) is 22.6 Å². The lowest BCUT2D eigenvalue weighted by molar-refractivity contribution is -0.138. The van der Waals surface area contributed by atoms with Gasteiger partial charge in [-0.05, 0) is 42.3 Å². The lowest BCUT2D eigenvalue weighted by Crippen LogP contribution is -2.21. The third-order valence-electron chi connectivity index (χ3n) is 3.15. The highest BCUT2D eigenvalue weighted by Gasteiger charge is 2.20. The van der Waals surface area contributed by atoms with E-state index < -0.39 is 12.0 Å². The van der Waals surface area contributed by atoms with Crippen molar-refractivity contribution in [3.8, 4) is 5.75 Å². The quantitative estimate of drug-likeness (QED) is 0.876. The van der Waals surface area contributed by atoms with Crippen LogP contribution < -0.4 is 10.1 Å². The van der Waals surface area contributed by atoms with Crippen molar-refractivity contribution in [3.63, 3.8) is 0 Å². The molecule has 4 nitrogen and oxygen atoms in total. The molecule has 1 unspecified atom stereocenters. The molecule has 0 amide bonds. The van der Waals surface area contributed by atoms with Gasteiger partial charge in [0.2, 0.25) is 0 Å². The van der Waals surface area contributed by atoms with Crippen molar-refractivity contribution in [1.82, 2.24) is 0 Å². The molecule has 0 heterocycles. The summed E-state index contributed by atoms with van der Waals surface area (Å²) in [5.41, 5.74) is 2.44. The molecular formula is C16H17NO3. The Morgan fingerprint density at radius 2 is 1.80 bits per heavy atom. The number of carbonyl (C=O) groups is 1. The van der Waals surface area contributed by atoms with E-state index in [4.69, 9.17) is 4.74 Å². The predicted octanol–water partition coefficient (Wildman–Crippen LogP) is 3.24. The summed E-state index contributed by atoms with van der Waals surface area (Å²) in [4.78, 5) is 11.5. The van der Waals surface area contributed by atoms with E-state index in [0.29, 0.717) is 0 Å². The second-order valence-corrected chi connectivity index (χ2v) is 4.50. The Hall–Kier alpha value is -2.49. The number of anilines is 1. The standard InChI is InChI=1S/C16H17NO3/c1-11-5-3-4-6-14(11)15(16(18)19)17-12-7-9-13(20-2)10-8-12/h3-10,15,17H,1-2H3,(H,18,19). The van der Waals surface area contributed by atoms with Gasteiger partial charge in [0.1, 0.15) is 5.75 Å². The van der Waals surface area contributed by atoms with Gasteiger partial charge in [-0.25, -0.2) is 4.79 Å². The fourth-order valence-electron chi connectivity index (χ4n) is 2.04. The van der Waals surface area contributed by atoms with Crippen LogP contribution in [0.3, 0.4) is 0 Å². The molecule has 0 aromatic heterocycles. The molecule has 0 bridgehead atoms. The number of methoxy groups -OCH3 is 1. The maximum absolute atomic E-state index is 11.5. The molecule has 0 saturated carbocycles. The van der Waals surface area contributed by atoms with Crippen LogP contribution in [0.1, 0.15) is 17.2 Å². The van der Waals surface area contributed by atoms with Crippen molar-refractivity contribution in [1.29, 1.82) is 0 Å². The summed E-state index contributed by atoms with van der Waals surface area (Å²) in [6.07, 6.45) is 0. The summed E-state index contributed by atoms with van der Waals surface area (Å²) in [5.74, 6) is -0.173. The minimum absolute atomic E-state index is 0.735. The number of nitrogens with one attached hydrogen (secondary N) is 1. The molecule has 0 spiro atoms. The number of carboxylic acid groups (broad SMARTS) is 1. The Morgan fingerprint density at radius 3 is 2.35 bits per heavy atom. The number of carboxylic acids is 1. The summed E-state index contributed by atoms with van der Waals surface area (Å²) in [6.45, 7) is 1.90. The van der Waals surface area contributed by atoms with E-state index in [9.17, 15) is 9.90 Å². The van der Waals surface area contributed by atoms with E-state index in [-0.39, 0.29) is 0 Å². The number of rotatable bonds is 5. The van der Waals surface area contributed by atoms with Crippen molar-refractivity contribution < 1.29 is 14.6 Å². The minimum Gasteiger partial charge on any atom is -0.497 e. The highest BCUT2D eigenvalue weighted by molar-refractivity contribution is 5.79. The molecule has 0 aliphatic rings. The van der Waals surface area contributed by atoms with Crippen molar-refractivity contribution >= 4 is 11.7 Å². The third-order valence-corrected chi connectivity index (χ3v) is 3.15. The van der Waals surface area contributed by atoms with Crippen LogP contribution in [0.5, 0.6) is 5.75 Å². The second-order valence-electron chi connectivity index (χ2n) is 4.50. The average molecular weight is 271 g/mol. The van der Waals surface area contributed by atoms with Crippen molar-refractivity contribution in [3.05, 3.63) is 59.7 Å². The van der Waals surface area contributed by atoms with Crippen LogP contribution in [0.4, 0.5) is 5.69 Å². The second kappa shape index (κ2) is 6.10. The first kappa shape index (κ1) is 13.9. The lowest BCUT2D eigenvalue weighted by atomic mass is 10.0. The number of aliphatic carboxylic acids is 1. The molecule has 2 rings (SSSR count). The van der Waals surface area contributed by atoms with Gasteiger partial charge >= 0.3 is 5.97 Å².